The average molecular weight is 1250 g/mol. The van der Waals surface area contributed by atoms with Crippen molar-refractivity contribution < 1.29 is 42.1 Å². The summed E-state index contributed by atoms with van der Waals surface area (Å²) in [6.07, 6.45) is 95.3. The van der Waals surface area contributed by atoms with Gasteiger partial charge in [0.05, 0.1) is 27.7 Å². The second kappa shape index (κ2) is 68.3. The Labute approximate surface area is 544 Å². The standard InChI is InChI=1S/C78H140NO8P/c1-6-8-10-12-14-16-18-20-22-24-26-28-30-31-32-33-34-35-36-37-38-39-40-41-42-43-44-45-46-47-49-51-53-55-57-59-61-63-65-67-69-71-78(81)87-76(75-86-88(82,83)85-73-72-79(3,4)5)74-84-77(80)70-68-66-64-62-60-58-56-54-52-50-48-29-27-25-23-21-19-17-15-13-11-9-7-2/h8,10,14,16,20,22,25-28,31-32,34-35,37-38,76H,6-7,9,11-13,15,17-19,21,23-24,29-30,33,36,39-75H2,1-5H3/p+1/b10-8-,16-14-,22-20-,27-25-,28-26-,32-31-,35-34-,38-37-. The smallest absolute Gasteiger partial charge is 0.462 e. The third-order valence-corrected chi connectivity index (χ3v) is 17.1. The zero-order valence-corrected chi connectivity index (χ0v) is 59.1. The topological polar surface area (TPSA) is 108 Å². The molecule has 0 aliphatic heterocycles. The van der Waals surface area contributed by atoms with Gasteiger partial charge in [0.15, 0.2) is 6.10 Å². The van der Waals surface area contributed by atoms with E-state index < -0.39 is 26.5 Å². The minimum absolute atomic E-state index is 0.0312. The first-order chi connectivity index (χ1) is 43.0. The molecule has 1 N–H and O–H groups in total. The molecule has 0 radical (unpaired) electrons. The number of rotatable bonds is 68. The minimum Gasteiger partial charge on any atom is -0.462 e. The van der Waals surface area contributed by atoms with Crippen LogP contribution in [0.5, 0.6) is 0 Å². The number of quaternary nitrogens is 1. The molecule has 0 bridgehead atoms. The number of likely N-dealkylation sites (N-methyl/N-ethyl adjacent to an activating group) is 1. The van der Waals surface area contributed by atoms with Crippen LogP contribution in [0.25, 0.3) is 0 Å². The van der Waals surface area contributed by atoms with Crippen LogP contribution in [-0.2, 0) is 32.7 Å². The van der Waals surface area contributed by atoms with Gasteiger partial charge in [-0.1, -0.05) is 323 Å². The maximum atomic E-state index is 12.9. The molecule has 0 saturated carbocycles. The van der Waals surface area contributed by atoms with E-state index in [1.807, 2.05) is 21.1 Å². The Bertz CT molecular complexity index is 1810. The number of nitrogens with zero attached hydrogens (tertiary/aromatic N) is 1. The molecule has 0 fully saturated rings. The summed E-state index contributed by atoms with van der Waals surface area (Å²) < 4.78 is 34.8. The first kappa shape index (κ1) is 84.9. The predicted molar refractivity (Wildman–Crippen MR) is 381 cm³/mol. The quantitative estimate of drug-likeness (QED) is 0.0211. The molecule has 0 rings (SSSR count). The van der Waals surface area contributed by atoms with E-state index in [0.717, 1.165) is 77.0 Å². The predicted octanol–water partition coefficient (Wildman–Crippen LogP) is 24.3. The van der Waals surface area contributed by atoms with Gasteiger partial charge in [0, 0.05) is 12.8 Å². The number of unbranched alkanes of at least 4 members (excludes halogenated alkanes) is 38. The third kappa shape index (κ3) is 72.0. The highest BCUT2D eigenvalue weighted by atomic mass is 31.2. The number of phosphoric acid groups is 1. The number of carbonyl (C=O) groups is 2. The van der Waals surface area contributed by atoms with Crippen molar-refractivity contribution in [2.45, 2.75) is 341 Å². The Morgan fingerprint density at radius 3 is 0.977 bits per heavy atom. The van der Waals surface area contributed by atoms with Crippen molar-refractivity contribution in [1.29, 1.82) is 0 Å². The second-order valence-corrected chi connectivity index (χ2v) is 27.4. The summed E-state index contributed by atoms with van der Waals surface area (Å²) in [5.74, 6) is -0.785. The monoisotopic (exact) mass is 1250 g/mol. The Morgan fingerprint density at radius 1 is 0.364 bits per heavy atom. The van der Waals surface area contributed by atoms with E-state index in [4.69, 9.17) is 18.5 Å². The molecule has 88 heavy (non-hydrogen) atoms. The molecule has 0 amide bonds. The van der Waals surface area contributed by atoms with Crippen molar-refractivity contribution in [3.63, 3.8) is 0 Å². The maximum Gasteiger partial charge on any atom is 0.472 e. The van der Waals surface area contributed by atoms with Crippen LogP contribution in [0.15, 0.2) is 97.2 Å². The van der Waals surface area contributed by atoms with E-state index in [-0.39, 0.29) is 32.0 Å². The van der Waals surface area contributed by atoms with Gasteiger partial charge in [0.2, 0.25) is 0 Å². The molecule has 0 aromatic heterocycles. The zero-order valence-electron chi connectivity index (χ0n) is 58.2. The fourth-order valence-corrected chi connectivity index (χ4v) is 11.2. The Balaban J connectivity index is 3.96. The van der Waals surface area contributed by atoms with Crippen molar-refractivity contribution in [1.82, 2.24) is 0 Å². The molecule has 2 atom stereocenters. The molecule has 0 aromatic rings. The fraction of sp³-hybridized carbons (Fsp3) is 0.769. The number of hydrogen-bond acceptors (Lipinski definition) is 7. The highest BCUT2D eigenvalue weighted by Gasteiger charge is 2.27. The lowest BCUT2D eigenvalue weighted by atomic mass is 10.0. The number of hydrogen-bond donors (Lipinski definition) is 1. The van der Waals surface area contributed by atoms with E-state index in [2.05, 4.69) is 111 Å². The van der Waals surface area contributed by atoms with Crippen LogP contribution >= 0.6 is 7.82 Å². The largest absolute Gasteiger partial charge is 0.472 e. The van der Waals surface area contributed by atoms with Crippen LogP contribution in [0.2, 0.25) is 0 Å². The lowest BCUT2D eigenvalue weighted by Crippen LogP contribution is -2.37. The van der Waals surface area contributed by atoms with Crippen LogP contribution < -0.4 is 0 Å². The molecular weight excluding hydrogens is 1110 g/mol. The van der Waals surface area contributed by atoms with Crippen molar-refractivity contribution >= 4 is 19.8 Å². The molecule has 0 saturated heterocycles. The van der Waals surface area contributed by atoms with Crippen molar-refractivity contribution in [2.75, 3.05) is 47.5 Å². The Kier molecular flexibility index (Phi) is 65.9. The van der Waals surface area contributed by atoms with E-state index in [1.165, 1.54) is 225 Å². The van der Waals surface area contributed by atoms with Crippen LogP contribution in [0.3, 0.4) is 0 Å². The minimum atomic E-state index is -4.39. The molecule has 0 aliphatic carbocycles. The van der Waals surface area contributed by atoms with Gasteiger partial charge in [-0.3, -0.25) is 18.6 Å². The number of ether oxygens (including phenoxy) is 2. The number of phosphoric ester groups is 1. The van der Waals surface area contributed by atoms with Crippen LogP contribution in [0.1, 0.15) is 335 Å². The van der Waals surface area contributed by atoms with E-state index in [1.54, 1.807) is 0 Å². The molecule has 0 heterocycles. The van der Waals surface area contributed by atoms with E-state index >= 15 is 0 Å². The number of carbonyl (C=O) groups excluding carboxylic acids is 2. The van der Waals surface area contributed by atoms with Gasteiger partial charge in [0.1, 0.15) is 19.8 Å². The third-order valence-electron chi connectivity index (χ3n) is 16.1. The molecule has 510 valence electrons. The number of esters is 2. The summed E-state index contributed by atoms with van der Waals surface area (Å²) in [6.45, 7) is 4.36. The summed E-state index contributed by atoms with van der Waals surface area (Å²) in [6, 6.07) is 0. The first-order valence-electron chi connectivity index (χ1n) is 37.0. The average Bonchev–Trinajstić information content (AvgIpc) is 3.58. The summed E-state index contributed by atoms with van der Waals surface area (Å²) in [5, 5.41) is 0. The molecule has 9 nitrogen and oxygen atoms in total. The highest BCUT2D eigenvalue weighted by molar-refractivity contribution is 7.47. The lowest BCUT2D eigenvalue weighted by molar-refractivity contribution is -0.870. The van der Waals surface area contributed by atoms with Gasteiger partial charge in [-0.15, -0.1) is 0 Å². The lowest BCUT2D eigenvalue weighted by Gasteiger charge is -2.24. The summed E-state index contributed by atoms with van der Waals surface area (Å²) in [4.78, 5) is 35.9. The maximum absolute atomic E-state index is 12.9. The summed E-state index contributed by atoms with van der Waals surface area (Å²) in [5.41, 5.74) is 0. The fourth-order valence-electron chi connectivity index (χ4n) is 10.5. The second-order valence-electron chi connectivity index (χ2n) is 25.9. The SMILES string of the molecule is CC/C=C\C/C=C\C/C=C\C/C=C\C/C=C\C/C=C\C/C=C\CCCCCCCCCCCCCCCCCCCCCC(=O)OC(COC(=O)CCCCCCCCCCCCC/C=C\CCCCCCCCCC)COP(=O)(O)OCC[N+](C)(C)C. The van der Waals surface area contributed by atoms with Gasteiger partial charge in [-0.05, 0) is 96.3 Å². The normalized spacial score (nSPS) is 13.7. The van der Waals surface area contributed by atoms with Gasteiger partial charge < -0.3 is 18.9 Å². The van der Waals surface area contributed by atoms with Crippen LogP contribution in [0, 0.1) is 0 Å². The zero-order chi connectivity index (χ0) is 64.1. The molecule has 0 aliphatic rings. The molecule has 0 spiro atoms. The first-order valence-corrected chi connectivity index (χ1v) is 38.5. The Hall–Kier alpha value is -3.07. The highest BCUT2D eigenvalue weighted by Crippen LogP contribution is 2.43. The molecular formula is C78H141NO8P+. The Morgan fingerprint density at radius 2 is 0.648 bits per heavy atom. The van der Waals surface area contributed by atoms with Crippen molar-refractivity contribution in [3.05, 3.63) is 97.2 Å². The summed E-state index contributed by atoms with van der Waals surface area (Å²) >= 11 is 0. The molecule has 0 aromatic carbocycles. The van der Waals surface area contributed by atoms with Crippen LogP contribution in [-0.4, -0.2) is 74.9 Å². The van der Waals surface area contributed by atoms with E-state index in [9.17, 15) is 19.0 Å². The van der Waals surface area contributed by atoms with Crippen LogP contribution in [0.4, 0.5) is 0 Å². The number of allylic oxidation sites excluding steroid dienone is 16. The van der Waals surface area contributed by atoms with Crippen molar-refractivity contribution in [3.8, 4) is 0 Å². The van der Waals surface area contributed by atoms with Gasteiger partial charge in [-0.2, -0.15) is 0 Å². The van der Waals surface area contributed by atoms with Crippen molar-refractivity contribution in [2.24, 2.45) is 0 Å². The molecule has 10 heteroatoms. The van der Waals surface area contributed by atoms with Gasteiger partial charge in [0.25, 0.3) is 0 Å². The van der Waals surface area contributed by atoms with Gasteiger partial charge in [-0.25, -0.2) is 4.57 Å². The molecule has 2 unspecified atom stereocenters. The van der Waals surface area contributed by atoms with E-state index in [0.29, 0.717) is 17.4 Å². The summed E-state index contributed by atoms with van der Waals surface area (Å²) in [7, 11) is 1.49. The van der Waals surface area contributed by atoms with Gasteiger partial charge >= 0.3 is 19.8 Å².